The molecule has 112 valence electrons. The van der Waals surface area contributed by atoms with Gasteiger partial charge >= 0.3 is 6.03 Å². The van der Waals surface area contributed by atoms with Crippen molar-refractivity contribution in [2.45, 2.75) is 19.4 Å². The van der Waals surface area contributed by atoms with Gasteiger partial charge in [0.25, 0.3) is 0 Å². The Labute approximate surface area is 123 Å². The van der Waals surface area contributed by atoms with Crippen molar-refractivity contribution in [1.29, 1.82) is 0 Å². The lowest BCUT2D eigenvalue weighted by atomic mass is 10.0. The third-order valence-corrected chi connectivity index (χ3v) is 5.29. The number of rotatable bonds is 4. The molecule has 2 amide bonds. The lowest BCUT2D eigenvalue weighted by Gasteiger charge is -2.32. The van der Waals surface area contributed by atoms with Gasteiger partial charge in [-0.25, -0.2) is 13.2 Å². The SMILES string of the molecule is CS(=O)(=O)CC1CCCN(C(=O)NCc2cccs2)C1. The van der Waals surface area contributed by atoms with Crippen LogP contribution in [0.5, 0.6) is 0 Å². The second kappa shape index (κ2) is 6.58. The average molecular weight is 316 g/mol. The largest absolute Gasteiger partial charge is 0.333 e. The van der Waals surface area contributed by atoms with Gasteiger partial charge in [0.1, 0.15) is 9.84 Å². The molecule has 7 heteroatoms. The van der Waals surface area contributed by atoms with E-state index in [0.717, 1.165) is 17.7 Å². The highest BCUT2D eigenvalue weighted by Crippen LogP contribution is 2.18. The molecule has 0 radical (unpaired) electrons. The number of sulfone groups is 1. The predicted octanol–water partition coefficient (Wildman–Crippen LogP) is 1.71. The smallest absolute Gasteiger partial charge is 0.317 e. The van der Waals surface area contributed by atoms with Crippen molar-refractivity contribution in [3.05, 3.63) is 22.4 Å². The van der Waals surface area contributed by atoms with E-state index in [4.69, 9.17) is 0 Å². The van der Waals surface area contributed by atoms with Crippen LogP contribution in [-0.4, -0.2) is 44.4 Å². The first kappa shape index (κ1) is 15.3. The van der Waals surface area contributed by atoms with Crippen molar-refractivity contribution in [2.24, 2.45) is 5.92 Å². The average Bonchev–Trinajstić information content (AvgIpc) is 2.87. The maximum atomic E-state index is 12.1. The molecule has 0 saturated carbocycles. The number of thiophene rings is 1. The topological polar surface area (TPSA) is 66.5 Å². The molecule has 1 aliphatic rings. The Hall–Kier alpha value is -1.08. The van der Waals surface area contributed by atoms with Crippen LogP contribution in [0.1, 0.15) is 17.7 Å². The van der Waals surface area contributed by atoms with Crippen LogP contribution in [0.25, 0.3) is 0 Å². The molecule has 1 aromatic rings. The molecule has 2 heterocycles. The summed E-state index contributed by atoms with van der Waals surface area (Å²) >= 11 is 1.61. The summed E-state index contributed by atoms with van der Waals surface area (Å²) in [5.41, 5.74) is 0. The van der Waals surface area contributed by atoms with Gasteiger partial charge in [-0.1, -0.05) is 6.07 Å². The second-order valence-corrected chi connectivity index (χ2v) is 8.50. The molecule has 0 aromatic carbocycles. The molecule has 20 heavy (non-hydrogen) atoms. The zero-order valence-corrected chi connectivity index (χ0v) is 13.2. The predicted molar refractivity (Wildman–Crippen MR) is 80.6 cm³/mol. The molecule has 1 N–H and O–H groups in total. The van der Waals surface area contributed by atoms with Crippen molar-refractivity contribution in [2.75, 3.05) is 25.1 Å². The Kier molecular flexibility index (Phi) is 5.04. The number of likely N-dealkylation sites (tertiary alicyclic amines) is 1. The number of urea groups is 1. The molecule has 1 unspecified atom stereocenters. The Morgan fingerprint density at radius 2 is 2.35 bits per heavy atom. The number of carbonyl (C=O) groups is 1. The monoisotopic (exact) mass is 316 g/mol. The fourth-order valence-electron chi connectivity index (χ4n) is 2.50. The van der Waals surface area contributed by atoms with Crippen LogP contribution >= 0.6 is 11.3 Å². The van der Waals surface area contributed by atoms with E-state index in [1.54, 1.807) is 16.2 Å². The van der Waals surface area contributed by atoms with Gasteiger partial charge < -0.3 is 10.2 Å². The summed E-state index contributed by atoms with van der Waals surface area (Å²) in [6.07, 6.45) is 3.00. The molecule has 2 rings (SSSR count). The summed E-state index contributed by atoms with van der Waals surface area (Å²) in [6.45, 7) is 1.77. The van der Waals surface area contributed by atoms with E-state index in [-0.39, 0.29) is 17.7 Å². The molecule has 0 aliphatic carbocycles. The lowest BCUT2D eigenvalue weighted by molar-refractivity contribution is 0.170. The van der Waals surface area contributed by atoms with Crippen LogP contribution in [0.15, 0.2) is 17.5 Å². The van der Waals surface area contributed by atoms with Gasteiger partial charge in [0.15, 0.2) is 0 Å². The van der Waals surface area contributed by atoms with E-state index in [9.17, 15) is 13.2 Å². The maximum Gasteiger partial charge on any atom is 0.317 e. The fraction of sp³-hybridized carbons (Fsp3) is 0.615. The van der Waals surface area contributed by atoms with E-state index in [2.05, 4.69) is 5.32 Å². The van der Waals surface area contributed by atoms with Gasteiger partial charge in [-0.15, -0.1) is 11.3 Å². The molecule has 1 aliphatic heterocycles. The van der Waals surface area contributed by atoms with Crippen LogP contribution in [0.2, 0.25) is 0 Å². The third-order valence-electron chi connectivity index (χ3n) is 3.34. The molecule has 5 nitrogen and oxygen atoms in total. The van der Waals surface area contributed by atoms with Crippen LogP contribution in [0, 0.1) is 5.92 Å². The minimum Gasteiger partial charge on any atom is -0.333 e. The molecule has 1 atom stereocenters. The Bertz CT molecular complexity index is 540. The van der Waals surface area contributed by atoms with Crippen LogP contribution < -0.4 is 5.32 Å². The Balaban J connectivity index is 1.83. The van der Waals surface area contributed by atoms with Crippen LogP contribution in [0.3, 0.4) is 0 Å². The quantitative estimate of drug-likeness (QED) is 0.919. The summed E-state index contributed by atoms with van der Waals surface area (Å²) in [5, 5.41) is 4.86. The van der Waals surface area contributed by atoms with E-state index >= 15 is 0 Å². The fourth-order valence-corrected chi connectivity index (χ4v) is 4.27. The maximum absolute atomic E-state index is 12.1. The van der Waals surface area contributed by atoms with Gasteiger partial charge in [-0.05, 0) is 30.2 Å². The minimum atomic E-state index is -2.98. The molecular formula is C13H20N2O3S2. The first-order chi connectivity index (χ1) is 9.44. The Morgan fingerprint density at radius 3 is 3.00 bits per heavy atom. The summed E-state index contributed by atoms with van der Waals surface area (Å²) in [4.78, 5) is 14.9. The van der Waals surface area contributed by atoms with Gasteiger partial charge in [0, 0.05) is 24.2 Å². The highest BCUT2D eigenvalue weighted by molar-refractivity contribution is 7.90. The summed E-state index contributed by atoms with van der Waals surface area (Å²) < 4.78 is 22.7. The Morgan fingerprint density at radius 1 is 1.55 bits per heavy atom. The van der Waals surface area contributed by atoms with E-state index < -0.39 is 9.84 Å². The zero-order valence-electron chi connectivity index (χ0n) is 11.5. The van der Waals surface area contributed by atoms with Gasteiger partial charge in [0.2, 0.25) is 0 Å². The number of nitrogens with zero attached hydrogens (tertiary/aromatic N) is 1. The third kappa shape index (κ3) is 4.79. The number of carbonyl (C=O) groups excluding carboxylic acids is 1. The van der Waals surface area contributed by atoms with Crippen molar-refractivity contribution in [3.8, 4) is 0 Å². The van der Waals surface area contributed by atoms with Gasteiger partial charge in [-0.3, -0.25) is 0 Å². The number of hydrogen-bond acceptors (Lipinski definition) is 4. The molecule has 1 aromatic heterocycles. The van der Waals surface area contributed by atoms with Crippen molar-refractivity contribution >= 4 is 27.2 Å². The number of amides is 2. The minimum absolute atomic E-state index is 0.0613. The normalized spacial score (nSPS) is 19.9. The molecular weight excluding hydrogens is 296 g/mol. The molecule has 1 saturated heterocycles. The highest BCUT2D eigenvalue weighted by atomic mass is 32.2. The van der Waals surface area contributed by atoms with Crippen LogP contribution in [0.4, 0.5) is 4.79 Å². The first-order valence-electron chi connectivity index (χ1n) is 6.67. The number of hydrogen-bond donors (Lipinski definition) is 1. The second-order valence-electron chi connectivity index (χ2n) is 5.28. The summed E-state index contributed by atoms with van der Waals surface area (Å²) in [6, 6.07) is 3.83. The molecule has 1 fully saturated rings. The van der Waals surface area contributed by atoms with Gasteiger partial charge in [-0.2, -0.15) is 0 Å². The number of piperidine rings is 1. The zero-order chi connectivity index (χ0) is 14.6. The van der Waals surface area contributed by atoms with Crippen molar-refractivity contribution < 1.29 is 13.2 Å². The molecule has 0 spiro atoms. The van der Waals surface area contributed by atoms with Crippen molar-refractivity contribution in [1.82, 2.24) is 10.2 Å². The van der Waals surface area contributed by atoms with E-state index in [1.165, 1.54) is 6.26 Å². The van der Waals surface area contributed by atoms with Crippen molar-refractivity contribution in [3.63, 3.8) is 0 Å². The van der Waals surface area contributed by atoms with Crippen LogP contribution in [-0.2, 0) is 16.4 Å². The van der Waals surface area contributed by atoms with E-state index in [1.807, 2.05) is 17.5 Å². The molecule has 0 bridgehead atoms. The number of nitrogens with one attached hydrogen (secondary N) is 1. The lowest BCUT2D eigenvalue weighted by Crippen LogP contribution is -2.46. The van der Waals surface area contributed by atoms with E-state index in [0.29, 0.717) is 19.6 Å². The highest BCUT2D eigenvalue weighted by Gasteiger charge is 2.25. The standard InChI is InChI=1S/C13H20N2O3S2/c1-20(17,18)10-11-4-2-6-15(9-11)13(16)14-8-12-5-3-7-19-12/h3,5,7,11H,2,4,6,8-10H2,1H3,(H,14,16). The van der Waals surface area contributed by atoms with Gasteiger partial charge in [0.05, 0.1) is 12.3 Å². The summed E-state index contributed by atoms with van der Waals surface area (Å²) in [5.74, 6) is 0.230. The summed E-state index contributed by atoms with van der Waals surface area (Å²) in [7, 11) is -2.98. The first-order valence-corrected chi connectivity index (χ1v) is 9.61.